The summed E-state index contributed by atoms with van der Waals surface area (Å²) in [5.41, 5.74) is 7.19. The van der Waals surface area contributed by atoms with Crippen LogP contribution in [0.1, 0.15) is 35.6 Å². The average Bonchev–Trinajstić information content (AvgIpc) is 3.16. The second-order valence-corrected chi connectivity index (χ2v) is 8.11. The molecule has 0 bridgehead atoms. The Morgan fingerprint density at radius 3 is 2.35 bits per heavy atom. The lowest BCUT2D eigenvalue weighted by Gasteiger charge is -2.16. The molecule has 0 saturated carbocycles. The molecule has 2 N–H and O–H groups in total. The van der Waals surface area contributed by atoms with E-state index in [0.717, 1.165) is 50.5 Å². The van der Waals surface area contributed by atoms with Crippen LogP contribution in [0.4, 0.5) is 0 Å². The van der Waals surface area contributed by atoms with E-state index in [2.05, 4.69) is 30.1 Å². The number of H-pyrrole nitrogens is 1. The number of carbonyl (C=O) groups is 1. The van der Waals surface area contributed by atoms with Gasteiger partial charge in [0, 0.05) is 6.08 Å². The van der Waals surface area contributed by atoms with Gasteiger partial charge >= 0.3 is 10.8 Å². The normalized spacial score (nSPS) is 12.3. The lowest BCUT2D eigenvalue weighted by Crippen LogP contribution is -1.95. The van der Waals surface area contributed by atoms with Gasteiger partial charge in [0.25, 0.3) is 0 Å². The van der Waals surface area contributed by atoms with Crippen molar-refractivity contribution in [2.24, 2.45) is 0 Å². The monoisotopic (exact) mass is 427 g/mol. The van der Waals surface area contributed by atoms with Crippen molar-refractivity contribution < 1.29 is 9.90 Å². The summed E-state index contributed by atoms with van der Waals surface area (Å²) in [6.45, 7) is 2.14. The summed E-state index contributed by atoms with van der Waals surface area (Å²) in [4.78, 5) is 25.4. The fraction of sp³-hybridized carbons (Fsp3) is 0.0769. The van der Waals surface area contributed by atoms with Crippen LogP contribution in [0.25, 0.3) is 27.4 Å². The summed E-state index contributed by atoms with van der Waals surface area (Å²) < 4.78 is 0.921. The van der Waals surface area contributed by atoms with Gasteiger partial charge in [-0.3, -0.25) is 4.79 Å². The number of hydrogen-bond donors (Lipinski definition) is 2. The molecule has 0 aliphatic carbocycles. The van der Waals surface area contributed by atoms with E-state index >= 15 is 0 Å². The molecule has 4 aromatic rings. The first-order valence-corrected chi connectivity index (χ1v) is 10.8. The molecule has 0 aliphatic heterocycles. The van der Waals surface area contributed by atoms with Crippen molar-refractivity contribution >= 4 is 44.7 Å². The van der Waals surface area contributed by atoms with E-state index in [4.69, 9.17) is 5.11 Å². The van der Waals surface area contributed by atoms with Crippen LogP contribution >= 0.6 is 11.3 Å². The number of aromatic nitrogens is 1. The van der Waals surface area contributed by atoms with Gasteiger partial charge in [-0.2, -0.15) is 0 Å². The summed E-state index contributed by atoms with van der Waals surface area (Å²) in [6.07, 6.45) is 3.55. The largest absolute Gasteiger partial charge is 0.478 e. The molecular formula is C26H21NO3S. The van der Waals surface area contributed by atoms with Crippen molar-refractivity contribution in [1.29, 1.82) is 0 Å². The number of fused-ring (bicyclic) bond motifs is 1. The zero-order valence-electron chi connectivity index (χ0n) is 17.0. The second kappa shape index (κ2) is 8.98. The first kappa shape index (κ1) is 20.6. The molecule has 0 fully saturated rings. The smallest absolute Gasteiger partial charge is 0.328 e. The van der Waals surface area contributed by atoms with Crippen LogP contribution < -0.4 is 4.87 Å². The molecule has 3 aromatic carbocycles. The average molecular weight is 428 g/mol. The van der Waals surface area contributed by atoms with Gasteiger partial charge < -0.3 is 10.1 Å². The third kappa shape index (κ3) is 4.57. The number of carboxylic acid groups (broad SMARTS) is 1. The number of nitrogens with one attached hydrogen (secondary N) is 1. The number of benzene rings is 3. The Labute approximate surface area is 183 Å². The van der Waals surface area contributed by atoms with Crippen molar-refractivity contribution in [3.05, 3.63) is 111 Å². The van der Waals surface area contributed by atoms with E-state index in [-0.39, 0.29) is 4.87 Å². The Balaban J connectivity index is 1.91. The highest BCUT2D eigenvalue weighted by molar-refractivity contribution is 7.16. The first-order chi connectivity index (χ1) is 15.0. The van der Waals surface area contributed by atoms with Crippen LogP contribution in [0.15, 0.2) is 83.7 Å². The van der Waals surface area contributed by atoms with Crippen LogP contribution in [-0.2, 0) is 4.79 Å². The third-order valence-electron chi connectivity index (χ3n) is 5.10. The van der Waals surface area contributed by atoms with Crippen LogP contribution in [0.2, 0.25) is 0 Å². The molecular weight excluding hydrogens is 406 g/mol. The molecule has 0 spiro atoms. The predicted octanol–water partition coefficient (Wildman–Crippen LogP) is 6.06. The molecule has 154 valence electrons. The van der Waals surface area contributed by atoms with Crippen molar-refractivity contribution in [1.82, 2.24) is 4.98 Å². The Hall–Kier alpha value is -3.70. The zero-order chi connectivity index (χ0) is 21.8. The Morgan fingerprint density at radius 2 is 1.68 bits per heavy atom. The topological polar surface area (TPSA) is 70.2 Å². The van der Waals surface area contributed by atoms with Gasteiger partial charge in [-0.1, -0.05) is 78.9 Å². The summed E-state index contributed by atoms with van der Waals surface area (Å²) in [5.74, 6) is -0.971. The van der Waals surface area contributed by atoms with E-state index in [1.807, 2.05) is 54.6 Å². The van der Waals surface area contributed by atoms with Gasteiger partial charge in [0.1, 0.15) is 0 Å². The molecule has 4 nitrogen and oxygen atoms in total. The number of aliphatic carboxylic acids is 1. The van der Waals surface area contributed by atoms with Crippen molar-refractivity contribution in [3.63, 3.8) is 0 Å². The standard InChI is InChI=1S/C26H21NO3S/c1-2-21(18-6-4-3-5-7-18)25(19-11-8-17(9-12-19)10-15-24(28)29)20-13-14-22-23(16-20)31-26(30)27-22/h3-16H,2H2,1H3,(H,27,30)(H,28,29)/b15-10+,25-21+. The first-order valence-electron chi connectivity index (χ1n) is 9.98. The van der Waals surface area contributed by atoms with Gasteiger partial charge in [-0.25, -0.2) is 4.79 Å². The summed E-state index contributed by atoms with van der Waals surface area (Å²) in [7, 11) is 0. The summed E-state index contributed by atoms with van der Waals surface area (Å²) >= 11 is 1.21. The molecule has 1 heterocycles. The fourth-order valence-corrected chi connectivity index (χ4v) is 4.48. The van der Waals surface area contributed by atoms with E-state index < -0.39 is 5.97 Å². The molecule has 0 amide bonds. The molecule has 0 aliphatic rings. The van der Waals surface area contributed by atoms with Gasteiger partial charge in [-0.15, -0.1) is 0 Å². The minimum absolute atomic E-state index is 0.0639. The Morgan fingerprint density at radius 1 is 0.968 bits per heavy atom. The summed E-state index contributed by atoms with van der Waals surface area (Å²) in [5, 5.41) is 8.87. The van der Waals surface area contributed by atoms with Crippen molar-refractivity contribution in [2.75, 3.05) is 0 Å². The van der Waals surface area contributed by atoms with E-state index in [1.54, 1.807) is 6.08 Å². The molecule has 0 saturated heterocycles. The lowest BCUT2D eigenvalue weighted by atomic mass is 9.88. The Bertz CT molecular complexity index is 1340. The number of allylic oxidation sites excluding steroid dienone is 1. The lowest BCUT2D eigenvalue weighted by molar-refractivity contribution is -0.131. The van der Waals surface area contributed by atoms with Crippen molar-refractivity contribution in [2.45, 2.75) is 13.3 Å². The maximum absolute atomic E-state index is 11.8. The number of aromatic amines is 1. The van der Waals surface area contributed by atoms with Gasteiger partial charge in [0.15, 0.2) is 0 Å². The van der Waals surface area contributed by atoms with E-state index in [9.17, 15) is 9.59 Å². The SMILES string of the molecule is CC/C(=C(/c1ccc(/C=C/C(=O)O)cc1)c1ccc2[nH]c(=O)sc2c1)c1ccccc1. The minimum Gasteiger partial charge on any atom is -0.478 e. The van der Waals surface area contributed by atoms with Crippen LogP contribution in [0.3, 0.4) is 0 Å². The molecule has 5 heteroatoms. The number of thiazole rings is 1. The highest BCUT2D eigenvalue weighted by atomic mass is 32.1. The molecule has 0 unspecified atom stereocenters. The number of carboxylic acids is 1. The van der Waals surface area contributed by atoms with Crippen LogP contribution in [0.5, 0.6) is 0 Å². The fourth-order valence-electron chi connectivity index (χ4n) is 3.71. The predicted molar refractivity (Wildman–Crippen MR) is 128 cm³/mol. The second-order valence-electron chi connectivity index (χ2n) is 7.09. The van der Waals surface area contributed by atoms with Crippen LogP contribution in [0, 0.1) is 0 Å². The maximum Gasteiger partial charge on any atom is 0.328 e. The van der Waals surface area contributed by atoms with Gasteiger partial charge in [0.2, 0.25) is 0 Å². The van der Waals surface area contributed by atoms with E-state index in [1.165, 1.54) is 16.9 Å². The molecule has 31 heavy (non-hydrogen) atoms. The highest BCUT2D eigenvalue weighted by Crippen LogP contribution is 2.35. The molecule has 0 radical (unpaired) electrons. The minimum atomic E-state index is -0.971. The summed E-state index contributed by atoms with van der Waals surface area (Å²) in [6, 6.07) is 24.2. The maximum atomic E-state index is 11.8. The number of hydrogen-bond acceptors (Lipinski definition) is 3. The van der Waals surface area contributed by atoms with Gasteiger partial charge in [-0.05, 0) is 58.0 Å². The Kier molecular flexibility index (Phi) is 5.96. The molecule has 0 atom stereocenters. The van der Waals surface area contributed by atoms with E-state index in [0.29, 0.717) is 0 Å². The third-order valence-corrected chi connectivity index (χ3v) is 5.95. The quantitative estimate of drug-likeness (QED) is 0.290. The number of rotatable bonds is 6. The highest BCUT2D eigenvalue weighted by Gasteiger charge is 2.14. The van der Waals surface area contributed by atoms with Gasteiger partial charge in [0.05, 0.1) is 10.2 Å². The molecule has 4 rings (SSSR count). The zero-order valence-corrected chi connectivity index (χ0v) is 17.8. The van der Waals surface area contributed by atoms with Crippen LogP contribution in [-0.4, -0.2) is 16.1 Å². The van der Waals surface area contributed by atoms with Crippen molar-refractivity contribution in [3.8, 4) is 0 Å². The molecule has 1 aromatic heterocycles.